The first-order chi connectivity index (χ1) is 16.5. The maximum atomic E-state index is 13.4. The molecule has 1 atom stereocenters. The lowest BCUT2D eigenvalue weighted by Crippen LogP contribution is -2.44. The molecule has 2 aliphatic heterocycles. The topological polar surface area (TPSA) is 69.7 Å². The zero-order valence-corrected chi connectivity index (χ0v) is 18.5. The van der Waals surface area contributed by atoms with Crippen LogP contribution < -0.4 is 10.2 Å². The van der Waals surface area contributed by atoms with Crippen molar-refractivity contribution in [1.29, 1.82) is 0 Å². The van der Waals surface area contributed by atoms with Gasteiger partial charge in [-0.05, 0) is 60.4 Å². The van der Waals surface area contributed by atoms with E-state index < -0.39 is 6.04 Å². The predicted octanol–water partition coefficient (Wildman–Crippen LogP) is 3.91. The van der Waals surface area contributed by atoms with Crippen molar-refractivity contribution in [2.75, 3.05) is 11.4 Å². The molecular weight excluding hydrogens is 433 g/mol. The molecule has 3 aromatic carbocycles. The van der Waals surface area contributed by atoms with Gasteiger partial charge in [0.05, 0.1) is 17.8 Å². The molecule has 0 aromatic heterocycles. The van der Waals surface area contributed by atoms with Crippen molar-refractivity contribution in [3.63, 3.8) is 0 Å². The first kappa shape index (κ1) is 21.8. The van der Waals surface area contributed by atoms with Gasteiger partial charge in [-0.2, -0.15) is 0 Å². The van der Waals surface area contributed by atoms with E-state index in [4.69, 9.17) is 0 Å². The third-order valence-corrected chi connectivity index (χ3v) is 6.39. The van der Waals surface area contributed by atoms with Crippen LogP contribution in [0, 0.1) is 5.82 Å². The Balaban J connectivity index is 1.33. The van der Waals surface area contributed by atoms with Crippen molar-refractivity contribution < 1.29 is 18.8 Å². The third kappa shape index (κ3) is 4.17. The molecule has 2 aliphatic rings. The number of carbonyl (C=O) groups excluding carboxylic acids is 3. The van der Waals surface area contributed by atoms with Crippen LogP contribution in [0.25, 0.3) is 0 Å². The molecule has 3 aromatic rings. The predicted molar refractivity (Wildman–Crippen MR) is 126 cm³/mol. The molecule has 34 heavy (non-hydrogen) atoms. The molecule has 0 unspecified atom stereocenters. The highest BCUT2D eigenvalue weighted by Crippen LogP contribution is 2.33. The highest BCUT2D eigenvalue weighted by atomic mass is 19.1. The van der Waals surface area contributed by atoms with Gasteiger partial charge in [0, 0.05) is 18.7 Å². The van der Waals surface area contributed by atoms with Gasteiger partial charge in [0.1, 0.15) is 11.9 Å². The van der Waals surface area contributed by atoms with E-state index in [0.29, 0.717) is 41.9 Å². The second-order valence-electron chi connectivity index (χ2n) is 8.61. The van der Waals surface area contributed by atoms with E-state index in [2.05, 4.69) is 5.32 Å². The van der Waals surface area contributed by atoms with Crippen LogP contribution >= 0.6 is 0 Å². The Morgan fingerprint density at radius 3 is 2.56 bits per heavy atom. The molecule has 0 radical (unpaired) electrons. The SMILES string of the molecule is O=C(NCc1cccc(F)c1)c1ccc(CN2C(=O)[C@@H]3CCCN3C(=O)c3ccccc32)cc1. The minimum Gasteiger partial charge on any atom is -0.348 e. The van der Waals surface area contributed by atoms with Crippen LogP contribution in [0.3, 0.4) is 0 Å². The zero-order chi connectivity index (χ0) is 23.7. The van der Waals surface area contributed by atoms with Gasteiger partial charge in [0.2, 0.25) is 5.91 Å². The molecule has 2 heterocycles. The summed E-state index contributed by atoms with van der Waals surface area (Å²) in [6, 6.07) is 19.9. The van der Waals surface area contributed by atoms with E-state index in [-0.39, 0.29) is 30.1 Å². The normalized spacial score (nSPS) is 17.3. The van der Waals surface area contributed by atoms with Crippen molar-refractivity contribution >= 4 is 23.4 Å². The molecule has 5 rings (SSSR count). The van der Waals surface area contributed by atoms with E-state index >= 15 is 0 Å². The average molecular weight is 458 g/mol. The molecule has 0 bridgehead atoms. The summed E-state index contributed by atoms with van der Waals surface area (Å²) in [7, 11) is 0. The molecule has 6 nitrogen and oxygen atoms in total. The van der Waals surface area contributed by atoms with E-state index in [9.17, 15) is 18.8 Å². The summed E-state index contributed by atoms with van der Waals surface area (Å²) in [5.74, 6) is -0.783. The van der Waals surface area contributed by atoms with Crippen LogP contribution in [0.4, 0.5) is 10.1 Å². The Labute approximate surface area is 197 Å². The number of amides is 3. The van der Waals surface area contributed by atoms with E-state index in [1.807, 2.05) is 30.3 Å². The van der Waals surface area contributed by atoms with Crippen LogP contribution in [0.2, 0.25) is 0 Å². The van der Waals surface area contributed by atoms with Crippen LogP contribution in [-0.4, -0.2) is 35.2 Å². The molecule has 7 heteroatoms. The van der Waals surface area contributed by atoms with Gasteiger partial charge in [0.25, 0.3) is 11.8 Å². The smallest absolute Gasteiger partial charge is 0.256 e. The number of anilines is 1. The number of carbonyl (C=O) groups is 3. The minimum atomic E-state index is -0.437. The molecule has 3 amide bonds. The van der Waals surface area contributed by atoms with Gasteiger partial charge in [-0.25, -0.2) is 4.39 Å². The van der Waals surface area contributed by atoms with Gasteiger partial charge in [-0.1, -0.05) is 36.4 Å². The number of fused-ring (bicyclic) bond motifs is 2. The Hall–Kier alpha value is -4.00. The van der Waals surface area contributed by atoms with Crippen molar-refractivity contribution in [3.8, 4) is 0 Å². The summed E-state index contributed by atoms with van der Waals surface area (Å²) in [6.45, 7) is 1.12. The van der Waals surface area contributed by atoms with E-state index in [1.165, 1.54) is 12.1 Å². The summed E-state index contributed by atoms with van der Waals surface area (Å²) in [5, 5.41) is 2.79. The van der Waals surface area contributed by atoms with Gasteiger partial charge >= 0.3 is 0 Å². The lowest BCUT2D eigenvalue weighted by molar-refractivity contribution is -0.122. The monoisotopic (exact) mass is 457 g/mol. The second-order valence-corrected chi connectivity index (χ2v) is 8.61. The fourth-order valence-corrected chi connectivity index (χ4v) is 4.65. The fraction of sp³-hybridized carbons (Fsp3) is 0.222. The van der Waals surface area contributed by atoms with E-state index in [1.54, 1.807) is 40.1 Å². The van der Waals surface area contributed by atoms with Crippen molar-refractivity contribution in [3.05, 3.63) is 101 Å². The molecule has 0 spiro atoms. The molecule has 1 saturated heterocycles. The van der Waals surface area contributed by atoms with Crippen LogP contribution in [-0.2, 0) is 17.9 Å². The number of rotatable bonds is 5. The second kappa shape index (κ2) is 9.09. The first-order valence-electron chi connectivity index (χ1n) is 11.3. The maximum absolute atomic E-state index is 13.4. The number of nitrogens with zero attached hydrogens (tertiary/aromatic N) is 2. The molecule has 1 fully saturated rings. The summed E-state index contributed by atoms with van der Waals surface area (Å²) in [5.41, 5.74) is 3.15. The number of para-hydroxylation sites is 1. The number of halogens is 1. The van der Waals surface area contributed by atoms with Crippen molar-refractivity contribution in [1.82, 2.24) is 10.2 Å². The quantitative estimate of drug-likeness (QED) is 0.632. The van der Waals surface area contributed by atoms with Crippen LogP contribution in [0.1, 0.15) is 44.7 Å². The summed E-state index contributed by atoms with van der Waals surface area (Å²) in [6.07, 6.45) is 1.48. The van der Waals surface area contributed by atoms with Gasteiger partial charge in [-0.15, -0.1) is 0 Å². The Bertz CT molecular complexity index is 1260. The summed E-state index contributed by atoms with van der Waals surface area (Å²) >= 11 is 0. The average Bonchev–Trinajstić information content (AvgIpc) is 3.33. The minimum absolute atomic E-state index is 0.0762. The molecule has 0 aliphatic carbocycles. The zero-order valence-electron chi connectivity index (χ0n) is 18.5. The van der Waals surface area contributed by atoms with Crippen molar-refractivity contribution in [2.24, 2.45) is 0 Å². The Morgan fingerprint density at radius 2 is 1.76 bits per heavy atom. The third-order valence-electron chi connectivity index (χ3n) is 6.39. The Morgan fingerprint density at radius 1 is 0.971 bits per heavy atom. The number of nitrogens with one attached hydrogen (secondary N) is 1. The fourth-order valence-electron chi connectivity index (χ4n) is 4.65. The number of hydrogen-bond acceptors (Lipinski definition) is 3. The molecule has 0 saturated carbocycles. The maximum Gasteiger partial charge on any atom is 0.256 e. The van der Waals surface area contributed by atoms with Gasteiger partial charge in [-0.3, -0.25) is 14.4 Å². The standard InChI is InChI=1S/C27H24FN3O3/c28-21-6-3-5-19(15-21)16-29-25(32)20-12-10-18(11-13-20)17-31-23-8-2-1-7-22(23)26(33)30-14-4-9-24(30)27(31)34/h1-3,5-8,10-13,15,24H,4,9,14,16-17H2,(H,29,32)/t24-/m0/s1. The highest BCUT2D eigenvalue weighted by Gasteiger charge is 2.41. The lowest BCUT2D eigenvalue weighted by Gasteiger charge is -2.26. The van der Waals surface area contributed by atoms with E-state index in [0.717, 1.165) is 12.0 Å². The molecular formula is C27H24FN3O3. The van der Waals surface area contributed by atoms with Crippen molar-refractivity contribution in [2.45, 2.75) is 32.0 Å². The lowest BCUT2D eigenvalue weighted by atomic mass is 10.1. The Kier molecular flexibility index (Phi) is 5.84. The largest absolute Gasteiger partial charge is 0.348 e. The van der Waals surface area contributed by atoms with Crippen LogP contribution in [0.15, 0.2) is 72.8 Å². The highest BCUT2D eigenvalue weighted by molar-refractivity contribution is 6.11. The first-order valence-corrected chi connectivity index (χ1v) is 11.3. The summed E-state index contributed by atoms with van der Waals surface area (Å²) in [4.78, 5) is 42.3. The van der Waals surface area contributed by atoms with Gasteiger partial charge in [0.15, 0.2) is 0 Å². The number of hydrogen-bond donors (Lipinski definition) is 1. The summed E-state index contributed by atoms with van der Waals surface area (Å²) < 4.78 is 13.3. The molecule has 1 N–H and O–H groups in total. The number of benzene rings is 3. The van der Waals surface area contributed by atoms with Gasteiger partial charge < -0.3 is 15.1 Å². The van der Waals surface area contributed by atoms with Crippen LogP contribution in [0.5, 0.6) is 0 Å². The molecule has 172 valence electrons.